The van der Waals surface area contributed by atoms with E-state index in [-0.39, 0.29) is 5.91 Å². The zero-order valence-electron chi connectivity index (χ0n) is 14.2. The first-order valence-corrected chi connectivity index (χ1v) is 8.74. The van der Waals surface area contributed by atoms with Gasteiger partial charge in [0.15, 0.2) is 6.10 Å². The van der Waals surface area contributed by atoms with Crippen LogP contribution < -0.4 is 9.64 Å². The van der Waals surface area contributed by atoms with Gasteiger partial charge in [-0.05, 0) is 31.5 Å². The van der Waals surface area contributed by atoms with Crippen LogP contribution in [-0.4, -0.2) is 24.8 Å². The Morgan fingerprint density at radius 1 is 1.13 bits per heavy atom. The fraction of sp³-hybridized carbons (Fsp3) is 0.579. The summed E-state index contributed by atoms with van der Waals surface area (Å²) in [6, 6.07) is 5.24. The number of amides is 1. The lowest BCUT2D eigenvalue weighted by Crippen LogP contribution is -2.44. The van der Waals surface area contributed by atoms with E-state index in [1.165, 1.54) is 32.1 Å². The van der Waals surface area contributed by atoms with E-state index in [4.69, 9.17) is 4.74 Å². The van der Waals surface area contributed by atoms with Gasteiger partial charge in [0.2, 0.25) is 0 Å². The molecule has 0 spiro atoms. The monoisotopic (exact) mass is 317 g/mol. The van der Waals surface area contributed by atoms with Crippen molar-refractivity contribution in [1.82, 2.24) is 0 Å². The van der Waals surface area contributed by atoms with Gasteiger partial charge in [0.1, 0.15) is 12.0 Å². The molecule has 0 aromatic heterocycles. The van der Waals surface area contributed by atoms with E-state index >= 15 is 0 Å². The molecule has 126 valence electrons. The van der Waals surface area contributed by atoms with E-state index in [0.29, 0.717) is 17.9 Å². The van der Waals surface area contributed by atoms with Crippen molar-refractivity contribution in [2.24, 2.45) is 0 Å². The van der Waals surface area contributed by atoms with E-state index < -0.39 is 6.10 Å². The van der Waals surface area contributed by atoms with Gasteiger partial charge in [-0.3, -0.25) is 9.59 Å². The van der Waals surface area contributed by atoms with Gasteiger partial charge in [0, 0.05) is 12.1 Å². The average molecular weight is 317 g/mol. The summed E-state index contributed by atoms with van der Waals surface area (Å²) in [4.78, 5) is 25.2. The van der Waals surface area contributed by atoms with Gasteiger partial charge in [0.05, 0.1) is 5.69 Å². The van der Waals surface area contributed by atoms with Gasteiger partial charge in [-0.15, -0.1) is 0 Å². The van der Waals surface area contributed by atoms with Crippen molar-refractivity contribution in [3.05, 3.63) is 23.8 Å². The van der Waals surface area contributed by atoms with Crippen LogP contribution in [0.3, 0.4) is 0 Å². The molecule has 0 bridgehead atoms. The van der Waals surface area contributed by atoms with Crippen molar-refractivity contribution in [1.29, 1.82) is 0 Å². The minimum absolute atomic E-state index is 0.0217. The Kier molecular flexibility index (Phi) is 6.63. The Hall–Kier alpha value is -1.84. The number of hydrogen-bond donors (Lipinski definition) is 0. The van der Waals surface area contributed by atoms with E-state index in [9.17, 15) is 9.59 Å². The standard InChI is InChI=1S/C19H27NO3/c1-3-4-5-6-7-8-9-12-20-17-13-16(14-21)10-11-18(17)23-15(2)19(20)22/h10-11,13-15H,3-9,12H2,1-2H3. The molecule has 1 aromatic rings. The number of anilines is 1. The van der Waals surface area contributed by atoms with Crippen molar-refractivity contribution >= 4 is 17.9 Å². The second kappa shape index (κ2) is 8.70. The summed E-state index contributed by atoms with van der Waals surface area (Å²) >= 11 is 0. The largest absolute Gasteiger partial charge is 0.479 e. The van der Waals surface area contributed by atoms with Crippen molar-refractivity contribution in [2.75, 3.05) is 11.4 Å². The molecule has 0 aliphatic carbocycles. The highest BCUT2D eigenvalue weighted by molar-refractivity contribution is 6.00. The average Bonchev–Trinajstić information content (AvgIpc) is 2.56. The van der Waals surface area contributed by atoms with E-state index in [1.807, 2.05) is 0 Å². The summed E-state index contributed by atoms with van der Waals surface area (Å²) in [6.07, 6.45) is 8.80. The van der Waals surface area contributed by atoms with E-state index in [2.05, 4.69) is 6.92 Å². The first-order valence-electron chi connectivity index (χ1n) is 8.74. The molecular weight excluding hydrogens is 290 g/mol. The van der Waals surface area contributed by atoms with Crippen LogP contribution in [0.2, 0.25) is 0 Å². The zero-order chi connectivity index (χ0) is 16.7. The third-order valence-corrected chi connectivity index (χ3v) is 4.31. The number of unbranched alkanes of at least 4 members (excludes halogenated alkanes) is 6. The molecule has 2 rings (SSSR count). The minimum atomic E-state index is -0.464. The van der Waals surface area contributed by atoms with Gasteiger partial charge in [-0.2, -0.15) is 0 Å². The summed E-state index contributed by atoms with van der Waals surface area (Å²) in [5.74, 6) is 0.664. The molecule has 4 nitrogen and oxygen atoms in total. The fourth-order valence-corrected chi connectivity index (χ4v) is 2.95. The molecule has 0 N–H and O–H groups in total. The summed E-state index contributed by atoms with van der Waals surface area (Å²) in [6.45, 7) is 4.68. The summed E-state index contributed by atoms with van der Waals surface area (Å²) in [5, 5.41) is 0. The van der Waals surface area contributed by atoms with Crippen molar-refractivity contribution in [3.63, 3.8) is 0 Å². The normalized spacial score (nSPS) is 16.9. The Bertz CT molecular complexity index is 541. The number of hydrogen-bond acceptors (Lipinski definition) is 3. The Labute approximate surface area is 138 Å². The lowest BCUT2D eigenvalue weighted by atomic mass is 10.1. The molecule has 23 heavy (non-hydrogen) atoms. The number of aldehydes is 1. The molecular formula is C19H27NO3. The predicted octanol–water partition coefficient (Wildman–Crippen LogP) is 4.36. The van der Waals surface area contributed by atoms with Gasteiger partial charge < -0.3 is 9.64 Å². The second-order valence-electron chi connectivity index (χ2n) is 6.22. The van der Waals surface area contributed by atoms with Crippen LogP contribution in [0.25, 0.3) is 0 Å². The van der Waals surface area contributed by atoms with Gasteiger partial charge in [-0.1, -0.05) is 45.4 Å². The molecule has 1 aromatic carbocycles. The predicted molar refractivity (Wildman–Crippen MR) is 92.3 cm³/mol. The van der Waals surface area contributed by atoms with Crippen molar-refractivity contribution in [3.8, 4) is 5.75 Å². The maximum atomic E-state index is 12.4. The van der Waals surface area contributed by atoms with Gasteiger partial charge in [-0.25, -0.2) is 0 Å². The quantitative estimate of drug-likeness (QED) is 0.502. The molecule has 1 atom stereocenters. The smallest absolute Gasteiger partial charge is 0.267 e. The van der Waals surface area contributed by atoms with Crippen LogP contribution in [-0.2, 0) is 4.79 Å². The van der Waals surface area contributed by atoms with Crippen LogP contribution in [0.5, 0.6) is 5.75 Å². The first-order chi connectivity index (χ1) is 11.2. The molecule has 1 unspecified atom stereocenters. The van der Waals surface area contributed by atoms with Gasteiger partial charge in [0.25, 0.3) is 5.91 Å². The molecule has 1 aliphatic rings. The van der Waals surface area contributed by atoms with Crippen molar-refractivity contribution < 1.29 is 14.3 Å². The van der Waals surface area contributed by atoms with Crippen LogP contribution in [0.15, 0.2) is 18.2 Å². The summed E-state index contributed by atoms with van der Waals surface area (Å²) in [5.41, 5.74) is 1.29. The Morgan fingerprint density at radius 2 is 1.83 bits per heavy atom. The van der Waals surface area contributed by atoms with Crippen LogP contribution in [0.1, 0.15) is 69.2 Å². The molecule has 0 saturated heterocycles. The maximum Gasteiger partial charge on any atom is 0.267 e. The van der Waals surface area contributed by atoms with Crippen LogP contribution >= 0.6 is 0 Å². The lowest BCUT2D eigenvalue weighted by molar-refractivity contribution is -0.125. The lowest BCUT2D eigenvalue weighted by Gasteiger charge is -2.33. The van der Waals surface area contributed by atoms with E-state index in [1.54, 1.807) is 30.0 Å². The number of benzene rings is 1. The van der Waals surface area contributed by atoms with Crippen LogP contribution in [0.4, 0.5) is 5.69 Å². The molecule has 0 fully saturated rings. The molecule has 0 radical (unpaired) electrons. The third kappa shape index (κ3) is 4.57. The summed E-state index contributed by atoms with van der Waals surface area (Å²) in [7, 11) is 0. The number of ether oxygens (including phenoxy) is 1. The summed E-state index contributed by atoms with van der Waals surface area (Å²) < 4.78 is 5.64. The highest BCUT2D eigenvalue weighted by Crippen LogP contribution is 2.34. The highest BCUT2D eigenvalue weighted by Gasteiger charge is 2.31. The topological polar surface area (TPSA) is 46.6 Å². The van der Waals surface area contributed by atoms with Crippen molar-refractivity contribution in [2.45, 2.75) is 64.9 Å². The maximum absolute atomic E-state index is 12.4. The molecule has 4 heteroatoms. The fourth-order valence-electron chi connectivity index (χ4n) is 2.95. The Morgan fingerprint density at radius 3 is 2.52 bits per heavy atom. The second-order valence-corrected chi connectivity index (χ2v) is 6.22. The number of rotatable bonds is 9. The number of carbonyl (C=O) groups is 2. The number of fused-ring (bicyclic) bond motifs is 1. The minimum Gasteiger partial charge on any atom is -0.479 e. The zero-order valence-corrected chi connectivity index (χ0v) is 14.2. The first kappa shape index (κ1) is 17.5. The third-order valence-electron chi connectivity index (χ3n) is 4.31. The molecule has 0 saturated carbocycles. The van der Waals surface area contributed by atoms with E-state index in [0.717, 1.165) is 24.8 Å². The highest BCUT2D eigenvalue weighted by atomic mass is 16.5. The molecule has 1 heterocycles. The van der Waals surface area contributed by atoms with Crippen LogP contribution in [0, 0.1) is 0 Å². The molecule has 1 amide bonds. The SMILES string of the molecule is CCCCCCCCCN1C(=O)C(C)Oc2ccc(C=O)cc21. The molecule has 1 aliphatic heterocycles. The number of nitrogens with zero attached hydrogens (tertiary/aromatic N) is 1. The van der Waals surface area contributed by atoms with Gasteiger partial charge >= 0.3 is 0 Å². The number of carbonyl (C=O) groups excluding carboxylic acids is 2. The Balaban J connectivity index is 1.94.